The van der Waals surface area contributed by atoms with Crippen molar-refractivity contribution in [1.82, 2.24) is 14.7 Å². The fraction of sp³-hybridized carbons (Fsp3) is 0.368. The minimum Gasteiger partial charge on any atom is -0.476 e. The average molecular weight is 325 g/mol. The standard InChI is InChI=1S/C19H23N3O2/c1-2-3-15-4-6-16(7-5-15)14-21-11-8-17(9-12-21)22-13-10-18(20-22)19(23)24/h2,4-7,10,13,17H,1,3,8-9,11-12,14H2,(H,23,24). The summed E-state index contributed by atoms with van der Waals surface area (Å²) in [5.41, 5.74) is 2.74. The molecule has 0 aliphatic carbocycles. The van der Waals surface area contributed by atoms with E-state index in [0.29, 0.717) is 6.04 Å². The van der Waals surface area contributed by atoms with E-state index in [0.717, 1.165) is 38.9 Å². The third kappa shape index (κ3) is 3.92. The fourth-order valence-corrected chi connectivity index (χ4v) is 3.20. The maximum atomic E-state index is 10.9. The van der Waals surface area contributed by atoms with Gasteiger partial charge in [-0.1, -0.05) is 30.3 Å². The molecule has 126 valence electrons. The first kappa shape index (κ1) is 16.5. The number of allylic oxidation sites excluding steroid dienone is 1. The molecule has 1 aliphatic heterocycles. The van der Waals surface area contributed by atoms with E-state index >= 15 is 0 Å². The van der Waals surface area contributed by atoms with Crippen molar-refractivity contribution in [2.24, 2.45) is 0 Å². The number of carbonyl (C=O) groups is 1. The Balaban J connectivity index is 1.52. The van der Waals surface area contributed by atoms with Crippen LogP contribution >= 0.6 is 0 Å². The summed E-state index contributed by atoms with van der Waals surface area (Å²) in [7, 11) is 0. The van der Waals surface area contributed by atoms with Gasteiger partial charge >= 0.3 is 5.97 Å². The first-order valence-electron chi connectivity index (χ1n) is 8.35. The van der Waals surface area contributed by atoms with Crippen LogP contribution in [0, 0.1) is 0 Å². The first-order valence-corrected chi connectivity index (χ1v) is 8.35. The SMILES string of the molecule is C=CCc1ccc(CN2CCC(n3ccc(C(=O)O)n3)CC2)cc1. The average Bonchev–Trinajstić information content (AvgIpc) is 3.08. The highest BCUT2D eigenvalue weighted by atomic mass is 16.4. The van der Waals surface area contributed by atoms with Crippen molar-refractivity contribution in [1.29, 1.82) is 0 Å². The zero-order valence-electron chi connectivity index (χ0n) is 13.8. The minimum absolute atomic E-state index is 0.122. The zero-order valence-corrected chi connectivity index (χ0v) is 13.8. The van der Waals surface area contributed by atoms with Crippen LogP contribution in [-0.2, 0) is 13.0 Å². The molecule has 0 bridgehead atoms. The Morgan fingerprint density at radius 3 is 2.46 bits per heavy atom. The van der Waals surface area contributed by atoms with Gasteiger partial charge in [-0.15, -0.1) is 6.58 Å². The van der Waals surface area contributed by atoms with Crippen LogP contribution in [0.25, 0.3) is 0 Å². The van der Waals surface area contributed by atoms with Crippen LogP contribution < -0.4 is 0 Å². The van der Waals surface area contributed by atoms with E-state index in [4.69, 9.17) is 5.11 Å². The van der Waals surface area contributed by atoms with Crippen molar-refractivity contribution in [2.45, 2.75) is 31.8 Å². The molecule has 0 radical (unpaired) electrons. The minimum atomic E-state index is -0.967. The van der Waals surface area contributed by atoms with Gasteiger partial charge in [-0.2, -0.15) is 5.10 Å². The molecule has 1 saturated heterocycles. The maximum absolute atomic E-state index is 10.9. The van der Waals surface area contributed by atoms with E-state index in [9.17, 15) is 4.79 Å². The van der Waals surface area contributed by atoms with Gasteiger partial charge in [-0.25, -0.2) is 4.79 Å². The Labute approximate surface area is 142 Å². The summed E-state index contributed by atoms with van der Waals surface area (Å²) in [5.74, 6) is -0.967. The van der Waals surface area contributed by atoms with Crippen LogP contribution in [0.5, 0.6) is 0 Å². The number of hydrogen-bond acceptors (Lipinski definition) is 3. The smallest absolute Gasteiger partial charge is 0.356 e. The number of benzene rings is 1. The van der Waals surface area contributed by atoms with Crippen molar-refractivity contribution >= 4 is 5.97 Å². The van der Waals surface area contributed by atoms with Gasteiger partial charge in [0.25, 0.3) is 0 Å². The Bertz CT molecular complexity index is 698. The number of hydrogen-bond donors (Lipinski definition) is 1. The van der Waals surface area contributed by atoms with Gasteiger partial charge in [-0.3, -0.25) is 9.58 Å². The normalized spacial score (nSPS) is 16.2. The number of likely N-dealkylation sites (tertiary alicyclic amines) is 1. The van der Waals surface area contributed by atoms with E-state index in [2.05, 4.69) is 40.8 Å². The highest BCUT2D eigenvalue weighted by molar-refractivity contribution is 5.85. The monoisotopic (exact) mass is 325 g/mol. The fourth-order valence-electron chi connectivity index (χ4n) is 3.20. The number of piperidine rings is 1. The predicted octanol–water partition coefficient (Wildman–Crippen LogP) is 3.15. The molecular weight excluding hydrogens is 302 g/mol. The van der Waals surface area contributed by atoms with Crippen molar-refractivity contribution in [3.8, 4) is 0 Å². The van der Waals surface area contributed by atoms with Crippen molar-refractivity contribution in [3.63, 3.8) is 0 Å². The van der Waals surface area contributed by atoms with Crippen LogP contribution in [0.1, 0.15) is 40.5 Å². The number of carboxylic acid groups (broad SMARTS) is 1. The summed E-state index contributed by atoms with van der Waals surface area (Å²) < 4.78 is 1.81. The molecule has 0 unspecified atom stereocenters. The van der Waals surface area contributed by atoms with Crippen LogP contribution in [-0.4, -0.2) is 38.8 Å². The largest absolute Gasteiger partial charge is 0.476 e. The summed E-state index contributed by atoms with van der Waals surface area (Å²) in [6.45, 7) is 6.73. The lowest BCUT2D eigenvalue weighted by Crippen LogP contribution is -2.34. The molecule has 1 fully saturated rings. The lowest BCUT2D eigenvalue weighted by molar-refractivity contribution is 0.0688. The molecule has 2 aromatic rings. The van der Waals surface area contributed by atoms with Gasteiger partial charge < -0.3 is 5.11 Å². The maximum Gasteiger partial charge on any atom is 0.356 e. The predicted molar refractivity (Wildman–Crippen MR) is 93.1 cm³/mol. The summed E-state index contributed by atoms with van der Waals surface area (Å²) in [6.07, 6.45) is 6.60. The number of carboxylic acids is 1. The van der Waals surface area contributed by atoms with E-state index in [1.165, 1.54) is 11.1 Å². The highest BCUT2D eigenvalue weighted by Crippen LogP contribution is 2.23. The Morgan fingerprint density at radius 1 is 1.21 bits per heavy atom. The topological polar surface area (TPSA) is 58.4 Å². The van der Waals surface area contributed by atoms with Crippen molar-refractivity contribution in [3.05, 3.63) is 66.0 Å². The van der Waals surface area contributed by atoms with E-state index in [1.54, 1.807) is 12.3 Å². The second kappa shape index (κ2) is 7.45. The van der Waals surface area contributed by atoms with Crippen LogP contribution in [0.3, 0.4) is 0 Å². The third-order valence-corrected chi connectivity index (χ3v) is 4.57. The molecule has 0 atom stereocenters. The van der Waals surface area contributed by atoms with E-state index in [-0.39, 0.29) is 5.69 Å². The highest BCUT2D eigenvalue weighted by Gasteiger charge is 2.22. The quantitative estimate of drug-likeness (QED) is 0.829. The molecule has 0 amide bonds. The Kier molecular flexibility index (Phi) is 5.11. The van der Waals surface area contributed by atoms with Crippen LogP contribution in [0.2, 0.25) is 0 Å². The lowest BCUT2D eigenvalue weighted by atomic mass is 10.0. The van der Waals surface area contributed by atoms with Crippen LogP contribution in [0.15, 0.2) is 49.2 Å². The summed E-state index contributed by atoms with van der Waals surface area (Å²) >= 11 is 0. The van der Waals surface area contributed by atoms with Crippen LogP contribution in [0.4, 0.5) is 0 Å². The molecule has 24 heavy (non-hydrogen) atoms. The molecule has 2 heterocycles. The molecule has 1 aromatic heterocycles. The number of aromatic nitrogens is 2. The molecule has 3 rings (SSSR count). The second-order valence-electron chi connectivity index (χ2n) is 6.30. The third-order valence-electron chi connectivity index (χ3n) is 4.57. The molecule has 5 nitrogen and oxygen atoms in total. The van der Waals surface area contributed by atoms with Gasteiger partial charge in [0.15, 0.2) is 5.69 Å². The summed E-state index contributed by atoms with van der Waals surface area (Å²) in [5, 5.41) is 13.1. The lowest BCUT2D eigenvalue weighted by Gasteiger charge is -2.32. The summed E-state index contributed by atoms with van der Waals surface area (Å²) in [4.78, 5) is 13.4. The molecule has 1 N–H and O–H groups in total. The number of rotatable bonds is 6. The van der Waals surface area contributed by atoms with Gasteiger partial charge in [0.2, 0.25) is 0 Å². The number of aromatic carboxylic acids is 1. The van der Waals surface area contributed by atoms with E-state index in [1.807, 2.05) is 10.8 Å². The molecular formula is C19H23N3O2. The van der Waals surface area contributed by atoms with Gasteiger partial charge in [0.05, 0.1) is 6.04 Å². The van der Waals surface area contributed by atoms with Crippen molar-refractivity contribution < 1.29 is 9.90 Å². The van der Waals surface area contributed by atoms with Gasteiger partial charge in [-0.05, 0) is 36.5 Å². The second-order valence-corrected chi connectivity index (χ2v) is 6.30. The van der Waals surface area contributed by atoms with Crippen molar-refractivity contribution in [2.75, 3.05) is 13.1 Å². The van der Waals surface area contributed by atoms with Gasteiger partial charge in [0, 0.05) is 25.8 Å². The molecule has 0 saturated carbocycles. The first-order chi connectivity index (χ1) is 11.7. The molecule has 5 heteroatoms. The Morgan fingerprint density at radius 2 is 1.88 bits per heavy atom. The molecule has 1 aliphatic rings. The Hall–Kier alpha value is -2.40. The molecule has 0 spiro atoms. The summed E-state index contributed by atoms with van der Waals surface area (Å²) in [6, 6.07) is 10.6. The zero-order chi connectivity index (χ0) is 16.9. The molecule has 1 aromatic carbocycles. The van der Waals surface area contributed by atoms with Gasteiger partial charge in [0.1, 0.15) is 0 Å². The number of nitrogens with zero attached hydrogens (tertiary/aromatic N) is 3. The van der Waals surface area contributed by atoms with E-state index < -0.39 is 5.97 Å².